The Hall–Kier alpha value is -1.10. The molecule has 1 aliphatic carbocycles. The van der Waals surface area contributed by atoms with Crippen molar-refractivity contribution in [2.24, 2.45) is 11.1 Å². The summed E-state index contributed by atoms with van der Waals surface area (Å²) in [6.45, 7) is 0.960. The minimum Gasteiger partial charge on any atom is -0.481 e. The predicted molar refractivity (Wildman–Crippen MR) is 55.2 cm³/mol. The van der Waals surface area contributed by atoms with E-state index in [4.69, 9.17) is 10.8 Å². The van der Waals surface area contributed by atoms with Crippen LogP contribution in [0, 0.1) is 5.41 Å². The van der Waals surface area contributed by atoms with E-state index in [2.05, 4.69) is 5.32 Å². The van der Waals surface area contributed by atoms with Crippen LogP contribution in [-0.4, -0.2) is 30.1 Å². The molecule has 0 aromatic rings. The Morgan fingerprint density at radius 1 is 1.33 bits per heavy atom. The summed E-state index contributed by atoms with van der Waals surface area (Å²) in [5.74, 6) is -0.762. The predicted octanol–water partition coefficient (Wildman–Crippen LogP) is 0.0964. The zero-order valence-corrected chi connectivity index (χ0v) is 8.79. The average Bonchev–Trinajstić information content (AvgIpc) is 2.97. The first-order chi connectivity index (χ1) is 7.10. The average molecular weight is 214 g/mol. The molecule has 1 amide bonds. The van der Waals surface area contributed by atoms with Crippen LogP contribution in [0.5, 0.6) is 0 Å². The topological polar surface area (TPSA) is 92.4 Å². The molecule has 0 aliphatic heterocycles. The summed E-state index contributed by atoms with van der Waals surface area (Å²) in [4.78, 5) is 21.8. The van der Waals surface area contributed by atoms with Gasteiger partial charge in [-0.3, -0.25) is 9.59 Å². The number of nitrogens with two attached hydrogens (primary N) is 1. The molecule has 0 atom stereocenters. The Labute approximate surface area is 89.0 Å². The minimum atomic E-state index is -0.790. The zero-order chi connectivity index (χ0) is 11.3. The number of rotatable bonds is 7. The Morgan fingerprint density at radius 3 is 2.47 bits per heavy atom. The smallest absolute Gasteiger partial charge is 0.303 e. The number of carboxylic acids is 1. The highest BCUT2D eigenvalue weighted by Crippen LogP contribution is 2.44. The number of nitrogens with one attached hydrogen (secondary N) is 1. The molecule has 1 rings (SSSR count). The summed E-state index contributed by atoms with van der Waals surface area (Å²) in [5, 5.41) is 11.2. The molecule has 1 fully saturated rings. The monoisotopic (exact) mass is 214 g/mol. The van der Waals surface area contributed by atoms with Crippen LogP contribution in [0.15, 0.2) is 0 Å². The number of carbonyl (C=O) groups excluding carboxylic acids is 1. The van der Waals surface area contributed by atoms with Crippen LogP contribution in [0.4, 0.5) is 0 Å². The van der Waals surface area contributed by atoms with Gasteiger partial charge >= 0.3 is 5.97 Å². The van der Waals surface area contributed by atoms with Gasteiger partial charge in [0.15, 0.2) is 0 Å². The van der Waals surface area contributed by atoms with E-state index in [-0.39, 0.29) is 17.7 Å². The lowest BCUT2D eigenvalue weighted by Gasteiger charge is -2.12. The molecule has 15 heavy (non-hydrogen) atoms. The van der Waals surface area contributed by atoms with Gasteiger partial charge in [0, 0.05) is 19.5 Å². The van der Waals surface area contributed by atoms with Gasteiger partial charge in [-0.1, -0.05) is 0 Å². The van der Waals surface area contributed by atoms with E-state index in [9.17, 15) is 9.59 Å². The lowest BCUT2D eigenvalue weighted by Crippen LogP contribution is -2.37. The molecular weight excluding hydrogens is 196 g/mol. The molecule has 5 heteroatoms. The molecule has 0 saturated heterocycles. The van der Waals surface area contributed by atoms with Crippen LogP contribution in [0.3, 0.4) is 0 Å². The molecule has 0 radical (unpaired) electrons. The van der Waals surface area contributed by atoms with E-state index >= 15 is 0 Å². The lowest BCUT2D eigenvalue weighted by molar-refractivity contribution is -0.137. The third kappa shape index (κ3) is 3.51. The fraction of sp³-hybridized carbons (Fsp3) is 0.800. The number of carbonyl (C=O) groups is 2. The van der Waals surface area contributed by atoms with Crippen molar-refractivity contribution in [1.29, 1.82) is 0 Å². The van der Waals surface area contributed by atoms with Gasteiger partial charge in [-0.2, -0.15) is 0 Å². The van der Waals surface area contributed by atoms with Crippen molar-refractivity contribution in [2.45, 2.75) is 32.1 Å². The summed E-state index contributed by atoms with van der Waals surface area (Å²) in [6.07, 6.45) is 3.23. The number of hydrogen-bond acceptors (Lipinski definition) is 3. The summed E-state index contributed by atoms with van der Waals surface area (Å²) in [6, 6.07) is 0. The fourth-order valence-corrected chi connectivity index (χ4v) is 1.47. The molecule has 4 N–H and O–H groups in total. The maximum atomic E-state index is 11.5. The zero-order valence-electron chi connectivity index (χ0n) is 8.79. The Bertz CT molecular complexity index is 249. The summed E-state index contributed by atoms with van der Waals surface area (Å²) in [5.41, 5.74) is 5.20. The van der Waals surface area contributed by atoms with Crippen molar-refractivity contribution in [3.8, 4) is 0 Å². The second-order valence-corrected chi connectivity index (χ2v) is 4.09. The lowest BCUT2D eigenvalue weighted by atomic mass is 10.1. The van der Waals surface area contributed by atoms with Crippen LogP contribution in [-0.2, 0) is 9.59 Å². The molecule has 0 aromatic heterocycles. The molecule has 5 nitrogen and oxygen atoms in total. The highest BCUT2D eigenvalue weighted by Gasteiger charge is 2.48. The normalized spacial score (nSPS) is 17.1. The summed E-state index contributed by atoms with van der Waals surface area (Å²) >= 11 is 0. The van der Waals surface area contributed by atoms with Crippen molar-refractivity contribution in [3.05, 3.63) is 0 Å². The summed E-state index contributed by atoms with van der Waals surface area (Å²) < 4.78 is 0. The van der Waals surface area contributed by atoms with Crippen LogP contribution in [0.2, 0.25) is 0 Å². The number of amides is 1. The quantitative estimate of drug-likeness (QED) is 0.524. The van der Waals surface area contributed by atoms with Crippen LogP contribution < -0.4 is 11.1 Å². The van der Waals surface area contributed by atoms with Crippen LogP contribution >= 0.6 is 0 Å². The molecule has 0 bridgehead atoms. The van der Waals surface area contributed by atoms with E-state index in [1.807, 2.05) is 0 Å². The molecule has 0 heterocycles. The highest BCUT2D eigenvalue weighted by atomic mass is 16.4. The number of aliphatic carboxylic acids is 1. The van der Waals surface area contributed by atoms with E-state index in [0.29, 0.717) is 25.9 Å². The standard InChI is InChI=1S/C10H18N2O3/c11-7-10(4-5-10)9(15)12-6-2-1-3-8(13)14/h1-7,11H2,(H,12,15)(H,13,14). The fourth-order valence-electron chi connectivity index (χ4n) is 1.47. The van der Waals surface area contributed by atoms with Gasteiger partial charge in [0.25, 0.3) is 0 Å². The molecule has 86 valence electrons. The molecule has 0 unspecified atom stereocenters. The Balaban J connectivity index is 2.05. The maximum absolute atomic E-state index is 11.5. The van der Waals surface area contributed by atoms with Gasteiger partial charge in [-0.25, -0.2) is 0 Å². The maximum Gasteiger partial charge on any atom is 0.303 e. The SMILES string of the molecule is NCC1(C(=O)NCCCCC(=O)O)CC1. The van der Waals surface area contributed by atoms with Crippen LogP contribution in [0.25, 0.3) is 0 Å². The third-order valence-electron chi connectivity index (χ3n) is 2.83. The van der Waals surface area contributed by atoms with Gasteiger partial charge in [0.1, 0.15) is 0 Å². The van der Waals surface area contributed by atoms with Crippen LogP contribution in [0.1, 0.15) is 32.1 Å². The van der Waals surface area contributed by atoms with Gasteiger partial charge in [-0.15, -0.1) is 0 Å². The molecular formula is C10H18N2O3. The van der Waals surface area contributed by atoms with Gasteiger partial charge in [0.05, 0.1) is 5.41 Å². The Morgan fingerprint density at radius 2 is 2.00 bits per heavy atom. The number of unbranched alkanes of at least 4 members (excludes halogenated alkanes) is 1. The first kappa shape index (κ1) is 12.0. The van der Waals surface area contributed by atoms with Crippen molar-refractivity contribution >= 4 is 11.9 Å². The number of hydrogen-bond donors (Lipinski definition) is 3. The second kappa shape index (κ2) is 5.11. The third-order valence-corrected chi connectivity index (χ3v) is 2.83. The largest absolute Gasteiger partial charge is 0.481 e. The minimum absolute atomic E-state index is 0.0281. The second-order valence-electron chi connectivity index (χ2n) is 4.09. The van der Waals surface area contributed by atoms with E-state index in [0.717, 1.165) is 12.8 Å². The van der Waals surface area contributed by atoms with Gasteiger partial charge < -0.3 is 16.2 Å². The highest BCUT2D eigenvalue weighted by molar-refractivity contribution is 5.85. The first-order valence-corrected chi connectivity index (χ1v) is 5.31. The molecule has 0 aromatic carbocycles. The number of carboxylic acid groups (broad SMARTS) is 1. The molecule has 1 aliphatic rings. The van der Waals surface area contributed by atoms with Crippen molar-refractivity contribution < 1.29 is 14.7 Å². The van der Waals surface area contributed by atoms with E-state index in [1.54, 1.807) is 0 Å². The van der Waals surface area contributed by atoms with E-state index < -0.39 is 5.97 Å². The van der Waals surface area contributed by atoms with Crippen molar-refractivity contribution in [3.63, 3.8) is 0 Å². The van der Waals surface area contributed by atoms with E-state index in [1.165, 1.54) is 0 Å². The van der Waals surface area contributed by atoms with Gasteiger partial charge in [-0.05, 0) is 25.7 Å². The first-order valence-electron chi connectivity index (χ1n) is 5.31. The van der Waals surface area contributed by atoms with Crippen molar-refractivity contribution in [1.82, 2.24) is 5.32 Å². The molecule has 0 spiro atoms. The van der Waals surface area contributed by atoms with Gasteiger partial charge in [0.2, 0.25) is 5.91 Å². The van der Waals surface area contributed by atoms with Crippen molar-refractivity contribution in [2.75, 3.05) is 13.1 Å². The molecule has 1 saturated carbocycles. The Kier molecular flexibility index (Phi) is 4.08. The summed E-state index contributed by atoms with van der Waals surface area (Å²) in [7, 11) is 0.